The largest absolute Gasteiger partial charge is 0.391 e. The van der Waals surface area contributed by atoms with Crippen LogP contribution >= 0.6 is 0 Å². The molecule has 2 N–H and O–H groups in total. The average Bonchev–Trinajstić information content (AvgIpc) is 2.31. The third-order valence-corrected chi connectivity index (χ3v) is 1.84. The number of aliphatic hydroxyl groups is 1. The van der Waals surface area contributed by atoms with E-state index in [4.69, 9.17) is 4.74 Å². The minimum Gasteiger partial charge on any atom is -0.391 e. The van der Waals surface area contributed by atoms with Gasteiger partial charge in [0.25, 0.3) is 0 Å². The van der Waals surface area contributed by atoms with Gasteiger partial charge < -0.3 is 15.2 Å². The molecule has 1 saturated heterocycles. The van der Waals surface area contributed by atoms with Gasteiger partial charge in [-0.3, -0.25) is 0 Å². The van der Waals surface area contributed by atoms with Gasteiger partial charge in [-0.25, -0.2) is 0 Å². The van der Waals surface area contributed by atoms with Gasteiger partial charge in [0, 0.05) is 25.6 Å². The molecule has 2 atom stereocenters. The second-order valence-corrected chi connectivity index (χ2v) is 2.65. The van der Waals surface area contributed by atoms with E-state index in [1.165, 1.54) is 0 Å². The molecule has 60 valence electrons. The van der Waals surface area contributed by atoms with E-state index in [0.29, 0.717) is 12.5 Å². The van der Waals surface area contributed by atoms with Crippen LogP contribution in [0.25, 0.3) is 0 Å². The van der Waals surface area contributed by atoms with Crippen molar-refractivity contribution in [1.82, 2.24) is 5.32 Å². The van der Waals surface area contributed by atoms with Crippen LogP contribution in [0.2, 0.25) is 0 Å². The highest BCUT2D eigenvalue weighted by molar-refractivity contribution is 4.79. The first-order valence-electron chi connectivity index (χ1n) is 3.81. The summed E-state index contributed by atoms with van der Waals surface area (Å²) in [5.74, 6) is 0.306. The summed E-state index contributed by atoms with van der Waals surface area (Å²) < 4.78 is 5.19. The highest BCUT2D eigenvalue weighted by Gasteiger charge is 2.24. The Hall–Kier alpha value is -0.120. The Balaban J connectivity index is 2.14. The van der Waals surface area contributed by atoms with Gasteiger partial charge in [-0.2, -0.15) is 0 Å². The predicted octanol–water partition coefficient (Wildman–Crippen LogP) is -0.397. The van der Waals surface area contributed by atoms with Crippen molar-refractivity contribution in [2.45, 2.75) is 13.0 Å². The molecule has 0 spiro atoms. The molecule has 1 aliphatic rings. The highest BCUT2D eigenvalue weighted by Crippen LogP contribution is 2.08. The second kappa shape index (κ2) is 3.91. The van der Waals surface area contributed by atoms with Gasteiger partial charge in [-0.05, 0) is 6.92 Å². The van der Waals surface area contributed by atoms with Crippen molar-refractivity contribution in [2.24, 2.45) is 5.92 Å². The van der Waals surface area contributed by atoms with Crippen molar-refractivity contribution in [3.05, 3.63) is 0 Å². The van der Waals surface area contributed by atoms with Gasteiger partial charge >= 0.3 is 0 Å². The van der Waals surface area contributed by atoms with Gasteiger partial charge in [0.1, 0.15) is 0 Å². The quantitative estimate of drug-likeness (QED) is 0.568. The van der Waals surface area contributed by atoms with E-state index in [1.807, 2.05) is 6.92 Å². The molecule has 0 aromatic heterocycles. The Kier molecular flexibility index (Phi) is 3.12. The first kappa shape index (κ1) is 7.98. The Morgan fingerprint density at radius 1 is 1.60 bits per heavy atom. The van der Waals surface area contributed by atoms with Crippen molar-refractivity contribution in [3.8, 4) is 0 Å². The molecule has 0 aliphatic carbocycles. The Morgan fingerprint density at radius 3 is 2.90 bits per heavy atom. The topological polar surface area (TPSA) is 41.5 Å². The van der Waals surface area contributed by atoms with Crippen LogP contribution in [-0.4, -0.2) is 37.5 Å². The van der Waals surface area contributed by atoms with Gasteiger partial charge in [0.15, 0.2) is 0 Å². The molecule has 0 aromatic carbocycles. The van der Waals surface area contributed by atoms with Crippen LogP contribution in [-0.2, 0) is 4.74 Å². The lowest BCUT2D eigenvalue weighted by Crippen LogP contribution is -2.22. The fraction of sp³-hybridized carbons (Fsp3) is 1.00. The number of hydrogen-bond acceptors (Lipinski definition) is 3. The zero-order chi connectivity index (χ0) is 7.40. The van der Waals surface area contributed by atoms with E-state index >= 15 is 0 Å². The van der Waals surface area contributed by atoms with Crippen molar-refractivity contribution < 1.29 is 9.84 Å². The molecule has 0 amide bonds. The first-order chi connectivity index (χ1) is 4.84. The average molecular weight is 145 g/mol. The normalized spacial score (nSPS) is 33.0. The number of nitrogens with one attached hydrogen (secondary N) is 1. The number of aliphatic hydroxyl groups excluding tert-OH is 1. The summed E-state index contributed by atoms with van der Waals surface area (Å²) >= 11 is 0. The Morgan fingerprint density at radius 2 is 2.40 bits per heavy atom. The maximum atomic E-state index is 9.27. The van der Waals surface area contributed by atoms with E-state index in [0.717, 1.165) is 19.7 Å². The summed E-state index contributed by atoms with van der Waals surface area (Å²) in [5.41, 5.74) is 0. The van der Waals surface area contributed by atoms with Gasteiger partial charge in [-0.1, -0.05) is 0 Å². The van der Waals surface area contributed by atoms with E-state index in [9.17, 15) is 5.11 Å². The molecule has 10 heavy (non-hydrogen) atoms. The highest BCUT2D eigenvalue weighted by atomic mass is 16.5. The third kappa shape index (κ3) is 1.94. The van der Waals surface area contributed by atoms with E-state index in [1.54, 1.807) is 0 Å². The van der Waals surface area contributed by atoms with E-state index in [-0.39, 0.29) is 6.10 Å². The molecule has 3 nitrogen and oxygen atoms in total. The molecule has 1 heterocycles. The van der Waals surface area contributed by atoms with Gasteiger partial charge in [0.2, 0.25) is 0 Å². The maximum absolute atomic E-state index is 9.27. The second-order valence-electron chi connectivity index (χ2n) is 2.65. The summed E-state index contributed by atoms with van der Waals surface area (Å²) in [6.07, 6.45) is -0.202. The van der Waals surface area contributed by atoms with Crippen molar-refractivity contribution in [3.63, 3.8) is 0 Å². The lowest BCUT2D eigenvalue weighted by molar-refractivity contribution is 0.0589. The number of rotatable bonds is 3. The molecule has 1 rings (SSSR count). The molecule has 0 aromatic rings. The van der Waals surface area contributed by atoms with Crippen LogP contribution in [0.4, 0.5) is 0 Å². The minimum absolute atomic E-state index is 0.202. The molecular formula is C7H15NO2. The van der Waals surface area contributed by atoms with Gasteiger partial charge in [0.05, 0.1) is 12.7 Å². The lowest BCUT2D eigenvalue weighted by atomic mass is 10.1. The molecule has 0 bridgehead atoms. The molecule has 1 fully saturated rings. The maximum Gasteiger partial charge on any atom is 0.0726 e. The number of ether oxygens (including phenoxy) is 1. The third-order valence-electron chi connectivity index (χ3n) is 1.84. The first-order valence-corrected chi connectivity index (χ1v) is 3.81. The summed E-state index contributed by atoms with van der Waals surface area (Å²) in [6.45, 7) is 5.00. The summed E-state index contributed by atoms with van der Waals surface area (Å²) in [5, 5.41) is 12.4. The molecule has 0 saturated carbocycles. The molecule has 0 radical (unpaired) electrons. The van der Waals surface area contributed by atoms with E-state index in [2.05, 4.69) is 5.32 Å². The van der Waals surface area contributed by atoms with Crippen molar-refractivity contribution in [1.29, 1.82) is 0 Å². The Labute approximate surface area is 61.4 Å². The fourth-order valence-electron chi connectivity index (χ4n) is 1.16. The standard InChI is InChI=1S/C7H15NO2/c1-2-10-5-6-3-8-4-7(6)9/h6-9H,2-5H2,1H3. The van der Waals surface area contributed by atoms with Crippen LogP contribution in [0.5, 0.6) is 0 Å². The predicted molar refractivity (Wildman–Crippen MR) is 38.9 cm³/mol. The monoisotopic (exact) mass is 145 g/mol. The summed E-state index contributed by atoms with van der Waals surface area (Å²) in [4.78, 5) is 0. The SMILES string of the molecule is CCOCC1CNCC1O. The van der Waals surface area contributed by atoms with Gasteiger partial charge in [-0.15, -0.1) is 0 Å². The van der Waals surface area contributed by atoms with E-state index < -0.39 is 0 Å². The molecule has 1 aliphatic heterocycles. The van der Waals surface area contributed by atoms with Crippen LogP contribution in [0, 0.1) is 5.92 Å². The number of β-amino-alcohol motifs (C(OH)–C–C–N with tert-alkyl or cyclic N) is 1. The smallest absolute Gasteiger partial charge is 0.0726 e. The fourth-order valence-corrected chi connectivity index (χ4v) is 1.16. The molecule has 2 unspecified atom stereocenters. The molecule has 3 heteroatoms. The van der Waals surface area contributed by atoms with Crippen LogP contribution in [0.3, 0.4) is 0 Å². The zero-order valence-electron chi connectivity index (χ0n) is 6.34. The minimum atomic E-state index is -0.202. The van der Waals surface area contributed by atoms with Crippen LogP contribution in [0.1, 0.15) is 6.92 Å². The number of hydrogen-bond donors (Lipinski definition) is 2. The van der Waals surface area contributed by atoms with Crippen LogP contribution < -0.4 is 5.32 Å². The molecular weight excluding hydrogens is 130 g/mol. The van der Waals surface area contributed by atoms with Crippen LogP contribution in [0.15, 0.2) is 0 Å². The lowest BCUT2D eigenvalue weighted by Gasteiger charge is -2.11. The summed E-state index contributed by atoms with van der Waals surface area (Å²) in [7, 11) is 0. The summed E-state index contributed by atoms with van der Waals surface area (Å²) in [6, 6.07) is 0. The Bertz CT molecular complexity index is 97.6. The van der Waals surface area contributed by atoms with Crippen molar-refractivity contribution >= 4 is 0 Å². The van der Waals surface area contributed by atoms with Crippen molar-refractivity contribution in [2.75, 3.05) is 26.3 Å². The zero-order valence-corrected chi connectivity index (χ0v) is 6.34.